The monoisotopic (exact) mass is 279 g/mol. The Morgan fingerprint density at radius 3 is 2.80 bits per heavy atom. The molecule has 0 bridgehead atoms. The van der Waals surface area contributed by atoms with E-state index in [4.69, 9.17) is 4.74 Å². The van der Waals surface area contributed by atoms with Crippen LogP contribution in [0.4, 0.5) is 0 Å². The van der Waals surface area contributed by atoms with Gasteiger partial charge in [0.2, 0.25) is 0 Å². The van der Waals surface area contributed by atoms with Gasteiger partial charge in [-0.25, -0.2) is 0 Å². The molecule has 2 rings (SSSR count). The summed E-state index contributed by atoms with van der Waals surface area (Å²) in [6.07, 6.45) is 8.30. The van der Waals surface area contributed by atoms with Crippen LogP contribution in [-0.4, -0.2) is 34.9 Å². The summed E-state index contributed by atoms with van der Waals surface area (Å²) in [5.74, 6) is -0.0682. The third kappa shape index (κ3) is 3.60. The maximum atomic E-state index is 12.2. The second-order valence-corrected chi connectivity index (χ2v) is 5.68. The van der Waals surface area contributed by atoms with Gasteiger partial charge >= 0.3 is 0 Å². The van der Waals surface area contributed by atoms with Gasteiger partial charge in [-0.3, -0.25) is 9.89 Å². The lowest BCUT2D eigenvalue weighted by Gasteiger charge is -2.37. The van der Waals surface area contributed by atoms with Crippen LogP contribution < -0.4 is 5.32 Å². The molecule has 0 saturated heterocycles. The van der Waals surface area contributed by atoms with Crippen LogP contribution in [0.2, 0.25) is 0 Å². The zero-order chi connectivity index (χ0) is 14.4. The summed E-state index contributed by atoms with van der Waals surface area (Å²) >= 11 is 0. The molecule has 0 aliphatic heterocycles. The number of carbonyl (C=O) groups excluding carboxylic acids is 1. The first kappa shape index (κ1) is 15.0. The zero-order valence-electron chi connectivity index (χ0n) is 12.5. The Hall–Kier alpha value is -1.36. The highest BCUT2D eigenvalue weighted by atomic mass is 16.5. The first-order valence-electron chi connectivity index (χ1n) is 7.59. The standard InChI is InChI=1S/C15H25N3O2/c1-3-9-20-15(7-5-4-6-8-15)11-16-14(19)13-10-17-18-12(13)2/h10H,3-9,11H2,1-2H3,(H,16,19)(H,17,18). The number of ether oxygens (including phenoxy) is 1. The number of rotatable bonds is 6. The van der Waals surface area contributed by atoms with E-state index in [9.17, 15) is 4.79 Å². The fraction of sp³-hybridized carbons (Fsp3) is 0.733. The fourth-order valence-corrected chi connectivity index (χ4v) is 2.80. The Morgan fingerprint density at radius 1 is 1.45 bits per heavy atom. The van der Waals surface area contributed by atoms with Crippen LogP contribution in [0.3, 0.4) is 0 Å². The molecule has 1 aliphatic carbocycles. The maximum Gasteiger partial charge on any atom is 0.254 e. The van der Waals surface area contributed by atoms with Crippen molar-refractivity contribution in [2.45, 2.75) is 58.0 Å². The highest BCUT2D eigenvalue weighted by Crippen LogP contribution is 2.31. The lowest BCUT2D eigenvalue weighted by Crippen LogP contribution is -2.46. The van der Waals surface area contributed by atoms with E-state index in [0.717, 1.165) is 31.6 Å². The summed E-state index contributed by atoms with van der Waals surface area (Å²) < 4.78 is 6.08. The van der Waals surface area contributed by atoms with Gasteiger partial charge in [0, 0.05) is 18.8 Å². The number of aromatic nitrogens is 2. The van der Waals surface area contributed by atoms with E-state index in [-0.39, 0.29) is 11.5 Å². The van der Waals surface area contributed by atoms with Crippen molar-refractivity contribution in [3.8, 4) is 0 Å². The minimum Gasteiger partial charge on any atom is -0.373 e. The van der Waals surface area contributed by atoms with Crippen LogP contribution in [0.1, 0.15) is 61.5 Å². The van der Waals surface area contributed by atoms with Crippen molar-refractivity contribution in [3.05, 3.63) is 17.5 Å². The van der Waals surface area contributed by atoms with E-state index in [2.05, 4.69) is 22.4 Å². The van der Waals surface area contributed by atoms with E-state index in [0.29, 0.717) is 12.1 Å². The van der Waals surface area contributed by atoms with Crippen LogP contribution in [0.15, 0.2) is 6.20 Å². The molecule has 112 valence electrons. The van der Waals surface area contributed by atoms with Gasteiger partial charge in [-0.2, -0.15) is 5.10 Å². The van der Waals surface area contributed by atoms with Gasteiger partial charge < -0.3 is 10.1 Å². The average Bonchev–Trinajstić information content (AvgIpc) is 2.90. The SMILES string of the molecule is CCCOC1(CNC(=O)c2cn[nH]c2C)CCCCC1. The molecule has 0 spiro atoms. The van der Waals surface area contributed by atoms with Gasteiger partial charge in [0.25, 0.3) is 5.91 Å². The molecule has 1 aliphatic rings. The van der Waals surface area contributed by atoms with Crippen molar-refractivity contribution in [1.29, 1.82) is 0 Å². The minimum atomic E-state index is -0.165. The fourth-order valence-electron chi connectivity index (χ4n) is 2.80. The first-order chi connectivity index (χ1) is 9.67. The Morgan fingerprint density at radius 2 is 2.20 bits per heavy atom. The third-order valence-corrected chi connectivity index (χ3v) is 4.02. The molecule has 0 unspecified atom stereocenters. The molecule has 5 heteroatoms. The Kier molecular flexibility index (Phi) is 5.17. The second-order valence-electron chi connectivity index (χ2n) is 5.68. The Bertz CT molecular complexity index is 436. The maximum absolute atomic E-state index is 12.2. The predicted molar refractivity (Wildman–Crippen MR) is 77.7 cm³/mol. The molecule has 0 aromatic carbocycles. The molecule has 2 N–H and O–H groups in total. The molecule has 0 radical (unpaired) electrons. The number of hydrogen-bond donors (Lipinski definition) is 2. The van der Waals surface area contributed by atoms with Crippen LogP contribution >= 0.6 is 0 Å². The summed E-state index contributed by atoms with van der Waals surface area (Å²) in [4.78, 5) is 12.2. The summed E-state index contributed by atoms with van der Waals surface area (Å²) in [6.45, 7) is 5.33. The van der Waals surface area contributed by atoms with Gasteiger partial charge in [-0.15, -0.1) is 0 Å². The molecule has 1 aromatic rings. The van der Waals surface area contributed by atoms with Crippen molar-refractivity contribution in [1.82, 2.24) is 15.5 Å². The minimum absolute atomic E-state index is 0.0682. The largest absolute Gasteiger partial charge is 0.373 e. The molecule has 5 nitrogen and oxygen atoms in total. The number of carbonyl (C=O) groups is 1. The Labute approximate surface area is 120 Å². The van der Waals surface area contributed by atoms with Crippen molar-refractivity contribution >= 4 is 5.91 Å². The van der Waals surface area contributed by atoms with E-state index < -0.39 is 0 Å². The zero-order valence-corrected chi connectivity index (χ0v) is 12.5. The molecule has 0 atom stereocenters. The quantitative estimate of drug-likeness (QED) is 0.841. The molecule has 1 aromatic heterocycles. The first-order valence-corrected chi connectivity index (χ1v) is 7.59. The molecule has 1 fully saturated rings. The smallest absolute Gasteiger partial charge is 0.254 e. The van der Waals surface area contributed by atoms with Gasteiger partial charge in [0.15, 0.2) is 0 Å². The highest BCUT2D eigenvalue weighted by molar-refractivity contribution is 5.94. The number of aromatic amines is 1. The van der Waals surface area contributed by atoms with Crippen LogP contribution in [0.5, 0.6) is 0 Å². The topological polar surface area (TPSA) is 67.0 Å². The number of aryl methyl sites for hydroxylation is 1. The highest BCUT2D eigenvalue weighted by Gasteiger charge is 2.33. The van der Waals surface area contributed by atoms with E-state index >= 15 is 0 Å². The number of nitrogens with zero attached hydrogens (tertiary/aromatic N) is 1. The van der Waals surface area contributed by atoms with Crippen LogP contribution in [-0.2, 0) is 4.74 Å². The Balaban J connectivity index is 1.94. The van der Waals surface area contributed by atoms with Crippen molar-refractivity contribution in [2.24, 2.45) is 0 Å². The summed E-state index contributed by atoms with van der Waals surface area (Å²) in [5, 5.41) is 9.70. The third-order valence-electron chi connectivity index (χ3n) is 4.02. The van der Waals surface area contributed by atoms with E-state index in [1.54, 1.807) is 6.20 Å². The van der Waals surface area contributed by atoms with Gasteiger partial charge in [-0.1, -0.05) is 26.2 Å². The molecule has 20 heavy (non-hydrogen) atoms. The van der Waals surface area contributed by atoms with Crippen LogP contribution in [0.25, 0.3) is 0 Å². The van der Waals surface area contributed by atoms with E-state index in [1.165, 1.54) is 19.3 Å². The summed E-state index contributed by atoms with van der Waals surface area (Å²) in [5.41, 5.74) is 1.25. The number of H-pyrrole nitrogens is 1. The molecular formula is C15H25N3O2. The van der Waals surface area contributed by atoms with E-state index in [1.807, 2.05) is 6.92 Å². The summed E-state index contributed by atoms with van der Waals surface area (Å²) in [6, 6.07) is 0. The van der Waals surface area contributed by atoms with Crippen molar-refractivity contribution in [2.75, 3.05) is 13.2 Å². The lowest BCUT2D eigenvalue weighted by molar-refractivity contribution is -0.0669. The molecule has 1 heterocycles. The molecule has 1 amide bonds. The predicted octanol–water partition coefficient (Wildman–Crippen LogP) is 2.58. The second kappa shape index (κ2) is 6.88. The lowest BCUT2D eigenvalue weighted by atomic mass is 9.84. The van der Waals surface area contributed by atoms with Crippen molar-refractivity contribution in [3.63, 3.8) is 0 Å². The van der Waals surface area contributed by atoms with Gasteiger partial charge in [0.1, 0.15) is 0 Å². The number of amides is 1. The van der Waals surface area contributed by atoms with Crippen molar-refractivity contribution < 1.29 is 9.53 Å². The summed E-state index contributed by atoms with van der Waals surface area (Å²) in [7, 11) is 0. The van der Waals surface area contributed by atoms with Gasteiger partial charge in [-0.05, 0) is 26.2 Å². The number of nitrogens with one attached hydrogen (secondary N) is 2. The average molecular weight is 279 g/mol. The van der Waals surface area contributed by atoms with Crippen LogP contribution in [0, 0.1) is 6.92 Å². The normalized spacial score (nSPS) is 17.9. The molecule has 1 saturated carbocycles. The van der Waals surface area contributed by atoms with Gasteiger partial charge in [0.05, 0.1) is 17.4 Å². The number of hydrogen-bond acceptors (Lipinski definition) is 3. The molecular weight excluding hydrogens is 254 g/mol.